The van der Waals surface area contributed by atoms with E-state index in [1.807, 2.05) is 0 Å². The van der Waals surface area contributed by atoms with Crippen molar-refractivity contribution in [2.45, 2.75) is 50.9 Å². The summed E-state index contributed by atoms with van der Waals surface area (Å²) in [4.78, 5) is 0. The van der Waals surface area contributed by atoms with Gasteiger partial charge in [-0.25, -0.2) is 0 Å². The standard InChI is InChI=1S/C26H27/c1-17-9-22-3-2-4-24(25(22)10-17)21-5-7-23(8-6-21)26-14-18-11-19(15-26)13-20(12-18)16-26/h2-10,18-20H,11-16H2,1H3. The average Bonchev–Trinajstić information content (AvgIpc) is 3.01. The smallest absolute Gasteiger partial charge is 0.0161 e. The number of benzene rings is 2. The second kappa shape index (κ2) is 5.35. The molecule has 26 heavy (non-hydrogen) atoms. The quantitative estimate of drug-likeness (QED) is 0.565. The van der Waals surface area contributed by atoms with Crippen molar-refractivity contribution in [1.82, 2.24) is 0 Å². The topological polar surface area (TPSA) is 0 Å². The molecule has 4 fully saturated rings. The van der Waals surface area contributed by atoms with Gasteiger partial charge < -0.3 is 0 Å². The molecule has 0 unspecified atom stereocenters. The molecule has 0 spiro atoms. The molecule has 5 aliphatic carbocycles. The monoisotopic (exact) mass is 339 g/mol. The molecule has 0 heteroatoms. The zero-order valence-electron chi connectivity index (χ0n) is 15.7. The molecule has 1 radical (unpaired) electrons. The summed E-state index contributed by atoms with van der Waals surface area (Å²) in [7, 11) is 0. The number of fused-ring (bicyclic) bond motifs is 1. The molecule has 0 saturated heterocycles. The van der Waals surface area contributed by atoms with Crippen molar-refractivity contribution in [3.05, 3.63) is 71.1 Å². The van der Waals surface area contributed by atoms with Crippen LogP contribution in [0.1, 0.15) is 62.1 Å². The van der Waals surface area contributed by atoms with E-state index in [-0.39, 0.29) is 0 Å². The molecule has 7 rings (SSSR count). The molecule has 4 bridgehead atoms. The van der Waals surface area contributed by atoms with Gasteiger partial charge in [0.15, 0.2) is 0 Å². The van der Waals surface area contributed by atoms with Crippen molar-refractivity contribution in [3.8, 4) is 11.1 Å². The molecule has 0 amide bonds. The highest BCUT2D eigenvalue weighted by Crippen LogP contribution is 2.60. The Morgan fingerprint density at radius 3 is 2.12 bits per heavy atom. The molecular formula is C26H27. The molecule has 2 aromatic carbocycles. The average molecular weight is 340 g/mol. The van der Waals surface area contributed by atoms with Gasteiger partial charge in [-0.2, -0.15) is 0 Å². The second-order valence-electron chi connectivity index (χ2n) is 9.62. The van der Waals surface area contributed by atoms with Crippen LogP contribution in [0.2, 0.25) is 0 Å². The third-order valence-electron chi connectivity index (χ3n) is 7.74. The maximum atomic E-state index is 2.47. The second-order valence-corrected chi connectivity index (χ2v) is 9.62. The molecule has 2 aromatic rings. The van der Waals surface area contributed by atoms with E-state index in [4.69, 9.17) is 0 Å². The van der Waals surface area contributed by atoms with Gasteiger partial charge in [0.1, 0.15) is 0 Å². The summed E-state index contributed by atoms with van der Waals surface area (Å²) in [5.74, 6) is 3.05. The predicted octanol–water partition coefficient (Wildman–Crippen LogP) is 6.79. The van der Waals surface area contributed by atoms with Crippen LogP contribution in [-0.4, -0.2) is 0 Å². The van der Waals surface area contributed by atoms with Gasteiger partial charge in [-0.3, -0.25) is 0 Å². The zero-order chi connectivity index (χ0) is 17.3. The van der Waals surface area contributed by atoms with E-state index in [9.17, 15) is 0 Å². The molecule has 4 saturated carbocycles. The fourth-order valence-corrected chi connectivity index (χ4v) is 7.10. The fourth-order valence-electron chi connectivity index (χ4n) is 7.10. The van der Waals surface area contributed by atoms with E-state index < -0.39 is 0 Å². The largest absolute Gasteiger partial charge is 0.0642 e. The van der Waals surface area contributed by atoms with E-state index in [1.165, 1.54) is 66.4 Å². The summed E-state index contributed by atoms with van der Waals surface area (Å²) >= 11 is 0. The predicted molar refractivity (Wildman–Crippen MR) is 109 cm³/mol. The Labute approximate surface area is 157 Å². The van der Waals surface area contributed by atoms with E-state index in [0.717, 1.165) is 17.8 Å². The van der Waals surface area contributed by atoms with Gasteiger partial charge >= 0.3 is 0 Å². The molecule has 0 aliphatic heterocycles. The SMILES string of the molecule is CC1=Cc2c(cccc2-c2ccc(C34CC5CC(CC(C5)C3)C4)cc2)[CH]1. The van der Waals surface area contributed by atoms with Crippen molar-refractivity contribution >= 4 is 6.08 Å². The highest BCUT2D eigenvalue weighted by atomic mass is 14.6. The maximum absolute atomic E-state index is 2.47. The summed E-state index contributed by atoms with van der Waals surface area (Å²) in [5, 5.41) is 0. The molecule has 5 aliphatic rings. The van der Waals surface area contributed by atoms with Gasteiger partial charge in [0.05, 0.1) is 0 Å². The normalized spacial score (nSPS) is 34.0. The highest BCUT2D eigenvalue weighted by Gasteiger charge is 2.51. The van der Waals surface area contributed by atoms with E-state index >= 15 is 0 Å². The summed E-state index contributed by atoms with van der Waals surface area (Å²) in [6.45, 7) is 2.19. The number of allylic oxidation sites excluding steroid dienone is 1. The molecule has 0 N–H and O–H groups in total. The number of hydrogen-bond acceptors (Lipinski definition) is 0. The van der Waals surface area contributed by atoms with Gasteiger partial charge in [0, 0.05) is 6.42 Å². The summed E-state index contributed by atoms with van der Waals surface area (Å²) < 4.78 is 0. The van der Waals surface area contributed by atoms with Crippen LogP contribution in [0, 0.1) is 24.2 Å². The summed E-state index contributed by atoms with van der Waals surface area (Å²) in [6.07, 6.45) is 13.6. The Balaban J connectivity index is 1.37. The van der Waals surface area contributed by atoms with E-state index in [1.54, 1.807) is 5.56 Å². The van der Waals surface area contributed by atoms with Gasteiger partial charge in [-0.15, -0.1) is 0 Å². The van der Waals surface area contributed by atoms with Crippen LogP contribution in [-0.2, 0) is 5.41 Å². The molecule has 0 heterocycles. The van der Waals surface area contributed by atoms with Crippen LogP contribution < -0.4 is 0 Å². The minimum absolute atomic E-state index is 0.510. The molecular weight excluding hydrogens is 312 g/mol. The van der Waals surface area contributed by atoms with Crippen LogP contribution >= 0.6 is 0 Å². The first-order valence-corrected chi connectivity index (χ1v) is 10.5. The lowest BCUT2D eigenvalue weighted by atomic mass is 9.48. The van der Waals surface area contributed by atoms with Crippen molar-refractivity contribution < 1.29 is 0 Å². The molecule has 0 atom stereocenters. The van der Waals surface area contributed by atoms with E-state index in [2.05, 4.69) is 61.9 Å². The highest BCUT2D eigenvalue weighted by molar-refractivity contribution is 5.83. The van der Waals surface area contributed by atoms with Gasteiger partial charge in [0.2, 0.25) is 0 Å². The van der Waals surface area contributed by atoms with Crippen LogP contribution in [0.5, 0.6) is 0 Å². The Morgan fingerprint density at radius 1 is 0.808 bits per heavy atom. The third-order valence-corrected chi connectivity index (χ3v) is 7.74. The number of rotatable bonds is 2. The molecule has 0 aromatic heterocycles. The third kappa shape index (κ3) is 2.20. The van der Waals surface area contributed by atoms with Gasteiger partial charge in [-0.1, -0.05) is 54.1 Å². The Bertz CT molecular complexity index is 861. The van der Waals surface area contributed by atoms with Gasteiger partial charge in [-0.05, 0) is 96.4 Å². The first kappa shape index (κ1) is 15.3. The Morgan fingerprint density at radius 2 is 1.46 bits per heavy atom. The van der Waals surface area contributed by atoms with Crippen molar-refractivity contribution in [3.63, 3.8) is 0 Å². The lowest BCUT2D eigenvalue weighted by molar-refractivity contribution is -0.00518. The maximum Gasteiger partial charge on any atom is 0.0161 e. The first-order valence-electron chi connectivity index (χ1n) is 10.5. The fraction of sp³-hybridized carbons (Fsp3) is 0.423. The van der Waals surface area contributed by atoms with Crippen LogP contribution in [0.4, 0.5) is 0 Å². The van der Waals surface area contributed by atoms with E-state index in [0.29, 0.717) is 5.41 Å². The first-order chi connectivity index (χ1) is 12.7. The zero-order valence-corrected chi connectivity index (χ0v) is 15.7. The van der Waals surface area contributed by atoms with Crippen LogP contribution in [0.3, 0.4) is 0 Å². The molecule has 0 nitrogen and oxygen atoms in total. The van der Waals surface area contributed by atoms with Crippen molar-refractivity contribution in [2.24, 2.45) is 17.8 Å². The van der Waals surface area contributed by atoms with Crippen LogP contribution in [0.25, 0.3) is 17.2 Å². The molecule has 131 valence electrons. The lowest BCUT2D eigenvalue weighted by Gasteiger charge is -2.57. The van der Waals surface area contributed by atoms with Gasteiger partial charge in [0.25, 0.3) is 0 Å². The summed E-state index contributed by atoms with van der Waals surface area (Å²) in [6, 6.07) is 16.4. The Hall–Kier alpha value is -1.82. The lowest BCUT2D eigenvalue weighted by Crippen LogP contribution is -2.48. The Kier molecular flexibility index (Phi) is 3.14. The van der Waals surface area contributed by atoms with Crippen molar-refractivity contribution in [1.29, 1.82) is 0 Å². The number of hydrogen-bond donors (Lipinski definition) is 0. The minimum Gasteiger partial charge on any atom is -0.0642 e. The minimum atomic E-state index is 0.510. The van der Waals surface area contributed by atoms with Crippen LogP contribution in [0.15, 0.2) is 48.0 Å². The summed E-state index contributed by atoms with van der Waals surface area (Å²) in [5.41, 5.74) is 9.01. The van der Waals surface area contributed by atoms with Crippen molar-refractivity contribution in [2.75, 3.05) is 0 Å².